The molecule has 2 aromatic rings. The number of fused-ring (bicyclic) bond motifs is 5. The van der Waals surface area contributed by atoms with Crippen LogP contribution in [0, 0.1) is 11.8 Å². The molecule has 5 rings (SSSR count). The molecule has 2 aromatic carbocycles. The van der Waals surface area contributed by atoms with E-state index in [0.29, 0.717) is 5.69 Å². The van der Waals surface area contributed by atoms with Crippen LogP contribution in [0.1, 0.15) is 0 Å². The average molecular weight is 347 g/mol. The molecule has 2 amide bonds. The highest BCUT2D eigenvalue weighted by Crippen LogP contribution is 2.52. The van der Waals surface area contributed by atoms with Crippen LogP contribution >= 0.6 is 0 Å². The van der Waals surface area contributed by atoms with Gasteiger partial charge < -0.3 is 9.84 Å². The number of nitrogens with zero attached hydrogens (tertiary/aromatic N) is 1. The van der Waals surface area contributed by atoms with Crippen LogP contribution in [0.4, 0.5) is 5.69 Å². The third kappa shape index (κ3) is 1.92. The first-order chi connectivity index (χ1) is 12.6. The Morgan fingerprint density at radius 3 is 2.35 bits per heavy atom. The minimum Gasteiger partial charge on any atom is -0.393 e. The molecule has 3 aliphatic heterocycles. The zero-order valence-corrected chi connectivity index (χ0v) is 13.9. The van der Waals surface area contributed by atoms with Crippen LogP contribution in [-0.4, -0.2) is 35.2 Å². The molecule has 0 unspecified atom stereocenters. The van der Waals surface area contributed by atoms with Crippen LogP contribution in [0.25, 0.3) is 11.1 Å². The molecule has 0 aromatic heterocycles. The van der Waals surface area contributed by atoms with Gasteiger partial charge in [0, 0.05) is 0 Å². The molecule has 3 heterocycles. The van der Waals surface area contributed by atoms with Crippen LogP contribution in [0.3, 0.4) is 0 Å². The number of carbonyl (C=O) groups excluding carboxylic acids is 2. The molecule has 2 fully saturated rings. The van der Waals surface area contributed by atoms with Gasteiger partial charge in [-0.05, 0) is 23.3 Å². The lowest BCUT2D eigenvalue weighted by molar-refractivity contribution is -0.128. The smallest absolute Gasteiger partial charge is 0.241 e. The summed E-state index contributed by atoms with van der Waals surface area (Å²) in [5.41, 5.74) is 1.60. The third-order valence-corrected chi connectivity index (χ3v) is 5.63. The van der Waals surface area contributed by atoms with Crippen molar-refractivity contribution in [2.24, 2.45) is 11.8 Å². The molecule has 1 N–H and O–H groups in total. The molecule has 3 aliphatic rings. The Morgan fingerprint density at radius 1 is 0.962 bits per heavy atom. The fourth-order valence-electron chi connectivity index (χ4n) is 4.37. The molecule has 4 atom stereocenters. The topological polar surface area (TPSA) is 66.8 Å². The largest absolute Gasteiger partial charge is 0.393 e. The zero-order chi connectivity index (χ0) is 17.9. The summed E-state index contributed by atoms with van der Waals surface area (Å²) >= 11 is 0. The highest BCUT2D eigenvalue weighted by atomic mass is 16.5. The number of aliphatic hydroxyl groups excluding tert-OH is 1. The Bertz CT molecular complexity index is 921. The first kappa shape index (κ1) is 15.5. The maximum Gasteiger partial charge on any atom is 0.241 e. The predicted molar refractivity (Wildman–Crippen MR) is 95.2 cm³/mol. The van der Waals surface area contributed by atoms with Gasteiger partial charge >= 0.3 is 0 Å². The summed E-state index contributed by atoms with van der Waals surface area (Å²) in [7, 11) is 0. The Balaban J connectivity index is 1.49. The summed E-state index contributed by atoms with van der Waals surface area (Å²) in [5.74, 6) is -1.75. The minimum atomic E-state index is -1.05. The second kappa shape index (κ2) is 5.37. The number of ether oxygens (including phenoxy) is 1. The molecular weight excluding hydrogens is 330 g/mol. The Labute approximate surface area is 150 Å². The lowest BCUT2D eigenvalue weighted by Crippen LogP contribution is -2.43. The molecule has 0 saturated carbocycles. The van der Waals surface area contributed by atoms with Crippen molar-refractivity contribution in [3.63, 3.8) is 0 Å². The van der Waals surface area contributed by atoms with Gasteiger partial charge in [-0.15, -0.1) is 0 Å². The van der Waals surface area contributed by atoms with Gasteiger partial charge in [0.2, 0.25) is 11.8 Å². The fourth-order valence-corrected chi connectivity index (χ4v) is 4.37. The van der Waals surface area contributed by atoms with Crippen LogP contribution < -0.4 is 4.90 Å². The number of aliphatic hydroxyl groups is 1. The molecule has 0 aliphatic carbocycles. The maximum atomic E-state index is 13.0. The quantitative estimate of drug-likeness (QED) is 0.682. The van der Waals surface area contributed by atoms with Gasteiger partial charge in [-0.1, -0.05) is 54.6 Å². The van der Waals surface area contributed by atoms with Crippen LogP contribution in [-0.2, 0) is 14.3 Å². The maximum absolute atomic E-state index is 13.0. The molecule has 26 heavy (non-hydrogen) atoms. The molecular formula is C21H17NO4. The number of imide groups is 1. The van der Waals surface area contributed by atoms with E-state index in [9.17, 15) is 14.7 Å². The first-order valence-electron chi connectivity index (χ1n) is 8.66. The second-order valence-corrected chi connectivity index (χ2v) is 6.98. The summed E-state index contributed by atoms with van der Waals surface area (Å²) in [4.78, 5) is 27.1. The summed E-state index contributed by atoms with van der Waals surface area (Å²) in [6, 6.07) is 17.3. The van der Waals surface area contributed by atoms with E-state index in [2.05, 4.69) is 0 Å². The Kier molecular flexibility index (Phi) is 3.20. The van der Waals surface area contributed by atoms with Crippen molar-refractivity contribution in [3.8, 4) is 11.1 Å². The zero-order valence-electron chi connectivity index (χ0n) is 13.9. The number of benzene rings is 2. The number of amides is 2. The standard InChI is InChI=1S/C21H17NO4/c23-12-21-11-10-16(26-21)17-18(21)20(25)22(19(17)24)15-8-6-14(7-9-15)13-4-2-1-3-5-13/h1-11,16-18,23H,12H2/t16-,17+,18-,21+/m0/s1. The lowest BCUT2D eigenvalue weighted by atomic mass is 9.77. The van der Waals surface area contributed by atoms with E-state index in [1.165, 1.54) is 4.90 Å². The molecule has 0 spiro atoms. The van der Waals surface area contributed by atoms with Gasteiger partial charge in [0.05, 0.1) is 30.2 Å². The van der Waals surface area contributed by atoms with Crippen molar-refractivity contribution in [1.82, 2.24) is 0 Å². The molecule has 130 valence electrons. The highest BCUT2D eigenvalue weighted by molar-refractivity contribution is 6.23. The SMILES string of the molecule is O=C1[C@@H]2[C@@H]3C=C[C@](CO)(O3)[C@@H]2C(=O)N1c1ccc(-c2ccccc2)cc1. The van der Waals surface area contributed by atoms with Gasteiger partial charge in [0.1, 0.15) is 5.60 Å². The van der Waals surface area contributed by atoms with Gasteiger partial charge in [0.25, 0.3) is 0 Å². The minimum absolute atomic E-state index is 0.253. The van der Waals surface area contributed by atoms with E-state index >= 15 is 0 Å². The Morgan fingerprint density at radius 2 is 1.65 bits per heavy atom. The highest BCUT2D eigenvalue weighted by Gasteiger charge is 2.67. The third-order valence-electron chi connectivity index (χ3n) is 5.63. The lowest BCUT2D eigenvalue weighted by Gasteiger charge is -2.26. The predicted octanol–water partition coefficient (Wildman–Crippen LogP) is 2.16. The normalized spacial score (nSPS) is 31.7. The van der Waals surface area contributed by atoms with E-state index in [-0.39, 0.29) is 18.4 Å². The molecule has 0 radical (unpaired) electrons. The van der Waals surface area contributed by atoms with E-state index in [1.807, 2.05) is 42.5 Å². The van der Waals surface area contributed by atoms with E-state index in [1.54, 1.807) is 24.3 Å². The van der Waals surface area contributed by atoms with Gasteiger partial charge in [-0.25, -0.2) is 4.90 Å². The van der Waals surface area contributed by atoms with Crippen molar-refractivity contribution < 1.29 is 19.4 Å². The molecule has 2 bridgehead atoms. The van der Waals surface area contributed by atoms with Crippen molar-refractivity contribution in [2.45, 2.75) is 11.7 Å². The number of anilines is 1. The first-order valence-corrected chi connectivity index (χ1v) is 8.66. The molecule has 2 saturated heterocycles. The fraction of sp³-hybridized carbons (Fsp3) is 0.238. The average Bonchev–Trinajstić information content (AvgIpc) is 3.33. The van der Waals surface area contributed by atoms with Gasteiger partial charge in [-0.3, -0.25) is 9.59 Å². The summed E-state index contributed by atoms with van der Waals surface area (Å²) < 4.78 is 5.75. The van der Waals surface area contributed by atoms with Crippen molar-refractivity contribution in [1.29, 1.82) is 0 Å². The van der Waals surface area contributed by atoms with Crippen molar-refractivity contribution >= 4 is 17.5 Å². The van der Waals surface area contributed by atoms with E-state index < -0.39 is 23.5 Å². The second-order valence-electron chi connectivity index (χ2n) is 6.98. The van der Waals surface area contributed by atoms with Crippen LogP contribution in [0.5, 0.6) is 0 Å². The monoisotopic (exact) mass is 347 g/mol. The van der Waals surface area contributed by atoms with E-state index in [0.717, 1.165) is 11.1 Å². The molecule has 5 heteroatoms. The van der Waals surface area contributed by atoms with Crippen LogP contribution in [0.2, 0.25) is 0 Å². The van der Waals surface area contributed by atoms with E-state index in [4.69, 9.17) is 4.74 Å². The summed E-state index contributed by atoms with van der Waals surface area (Å²) in [6.45, 7) is -0.305. The summed E-state index contributed by atoms with van der Waals surface area (Å²) in [5, 5.41) is 9.76. The van der Waals surface area contributed by atoms with Gasteiger partial charge in [0.15, 0.2) is 0 Å². The number of hydrogen-bond acceptors (Lipinski definition) is 4. The van der Waals surface area contributed by atoms with Crippen molar-refractivity contribution in [2.75, 3.05) is 11.5 Å². The molecule has 5 nitrogen and oxygen atoms in total. The van der Waals surface area contributed by atoms with Crippen LogP contribution in [0.15, 0.2) is 66.7 Å². The summed E-state index contributed by atoms with van der Waals surface area (Å²) in [6.07, 6.45) is 3.08. The van der Waals surface area contributed by atoms with Gasteiger partial charge in [-0.2, -0.15) is 0 Å². The Hall–Kier alpha value is -2.76. The number of hydrogen-bond donors (Lipinski definition) is 1. The van der Waals surface area contributed by atoms with Crippen molar-refractivity contribution in [3.05, 3.63) is 66.7 Å². The number of rotatable bonds is 3. The number of carbonyl (C=O) groups is 2.